The number of nitrogens with one attached hydrogen (secondary N) is 1. The van der Waals surface area contributed by atoms with Gasteiger partial charge in [0.15, 0.2) is 11.0 Å². The Morgan fingerprint density at radius 2 is 1.85 bits per heavy atom. The van der Waals surface area contributed by atoms with Crippen molar-refractivity contribution >= 4 is 29.3 Å². The van der Waals surface area contributed by atoms with E-state index in [1.165, 1.54) is 11.8 Å². The summed E-state index contributed by atoms with van der Waals surface area (Å²) >= 11 is 7.69. The van der Waals surface area contributed by atoms with Crippen molar-refractivity contribution in [2.24, 2.45) is 0 Å². The maximum Gasteiger partial charge on any atom is 0.230 e. The Bertz CT molecular complexity index is 1220. The highest BCUT2D eigenvalue weighted by molar-refractivity contribution is 7.99. The van der Waals surface area contributed by atoms with Gasteiger partial charge >= 0.3 is 0 Å². The highest BCUT2D eigenvalue weighted by atomic mass is 35.5. The van der Waals surface area contributed by atoms with Crippen LogP contribution in [-0.2, 0) is 4.79 Å². The Kier molecular flexibility index (Phi) is 7.59. The molecular formula is C24H22ClN5O2S. The highest BCUT2D eigenvalue weighted by Gasteiger charge is 2.19. The van der Waals surface area contributed by atoms with E-state index in [-0.39, 0.29) is 11.7 Å². The van der Waals surface area contributed by atoms with Gasteiger partial charge in [0.1, 0.15) is 12.4 Å². The van der Waals surface area contributed by atoms with Gasteiger partial charge in [-0.25, -0.2) is 0 Å². The molecule has 0 saturated heterocycles. The fourth-order valence-electron chi connectivity index (χ4n) is 3.16. The van der Waals surface area contributed by atoms with Crippen molar-refractivity contribution in [1.29, 1.82) is 0 Å². The number of halogens is 1. The predicted octanol–water partition coefficient (Wildman–Crippen LogP) is 4.58. The SMILES string of the molecule is Cc1c(Cl)cccc1-n1c(SCC(=O)NCCOc2ccccc2)nnc1-c1ccncc1. The summed E-state index contributed by atoms with van der Waals surface area (Å²) in [5, 5.41) is 12.9. The normalized spacial score (nSPS) is 10.7. The number of ether oxygens (including phenoxy) is 1. The van der Waals surface area contributed by atoms with Gasteiger partial charge in [0, 0.05) is 23.0 Å². The lowest BCUT2D eigenvalue weighted by atomic mass is 10.2. The summed E-state index contributed by atoms with van der Waals surface area (Å²) in [5.74, 6) is 1.51. The Morgan fingerprint density at radius 1 is 1.06 bits per heavy atom. The largest absolute Gasteiger partial charge is 0.492 e. The van der Waals surface area contributed by atoms with Crippen molar-refractivity contribution in [1.82, 2.24) is 25.1 Å². The maximum absolute atomic E-state index is 12.4. The zero-order valence-corrected chi connectivity index (χ0v) is 19.5. The van der Waals surface area contributed by atoms with Gasteiger partial charge in [-0.2, -0.15) is 0 Å². The first-order chi connectivity index (χ1) is 16.1. The third-order valence-corrected chi connectivity index (χ3v) is 6.16. The topological polar surface area (TPSA) is 81.9 Å². The molecule has 0 saturated carbocycles. The summed E-state index contributed by atoms with van der Waals surface area (Å²) in [4.78, 5) is 16.5. The number of carbonyl (C=O) groups is 1. The summed E-state index contributed by atoms with van der Waals surface area (Å²) in [6, 6.07) is 18.9. The van der Waals surface area contributed by atoms with Gasteiger partial charge in [-0.3, -0.25) is 14.3 Å². The van der Waals surface area contributed by atoms with Gasteiger partial charge in [-0.15, -0.1) is 10.2 Å². The van der Waals surface area contributed by atoms with Crippen molar-refractivity contribution in [3.05, 3.63) is 83.6 Å². The molecule has 9 heteroatoms. The molecule has 1 amide bonds. The van der Waals surface area contributed by atoms with Crippen molar-refractivity contribution in [2.75, 3.05) is 18.9 Å². The van der Waals surface area contributed by atoms with Crippen molar-refractivity contribution in [3.63, 3.8) is 0 Å². The molecule has 168 valence electrons. The lowest BCUT2D eigenvalue weighted by Crippen LogP contribution is -2.29. The molecule has 0 atom stereocenters. The molecule has 2 heterocycles. The molecule has 2 aromatic carbocycles. The summed E-state index contributed by atoms with van der Waals surface area (Å²) in [7, 11) is 0. The van der Waals surface area contributed by atoms with Crippen LogP contribution in [0.5, 0.6) is 5.75 Å². The van der Waals surface area contributed by atoms with E-state index in [1.54, 1.807) is 12.4 Å². The molecule has 0 aliphatic rings. The average Bonchev–Trinajstić information content (AvgIpc) is 3.27. The lowest BCUT2D eigenvalue weighted by Gasteiger charge is -2.14. The second kappa shape index (κ2) is 11.0. The van der Waals surface area contributed by atoms with Crippen LogP contribution in [-0.4, -0.2) is 44.6 Å². The molecule has 0 spiro atoms. The van der Waals surface area contributed by atoms with Crippen LogP contribution in [0, 0.1) is 6.92 Å². The van der Waals surface area contributed by atoms with E-state index in [0.717, 1.165) is 22.6 Å². The van der Waals surface area contributed by atoms with Crippen LogP contribution in [0.3, 0.4) is 0 Å². The van der Waals surface area contributed by atoms with E-state index in [0.29, 0.717) is 29.2 Å². The molecule has 2 aromatic heterocycles. The number of rotatable bonds is 9. The van der Waals surface area contributed by atoms with E-state index >= 15 is 0 Å². The Morgan fingerprint density at radius 3 is 2.64 bits per heavy atom. The van der Waals surface area contributed by atoms with Gasteiger partial charge < -0.3 is 10.1 Å². The first-order valence-corrected chi connectivity index (χ1v) is 11.7. The van der Waals surface area contributed by atoms with Crippen LogP contribution in [0.4, 0.5) is 0 Å². The summed E-state index contributed by atoms with van der Waals surface area (Å²) in [6.07, 6.45) is 3.41. The number of amides is 1. The number of para-hydroxylation sites is 1. The second-order valence-electron chi connectivity index (χ2n) is 7.06. The zero-order chi connectivity index (χ0) is 23.0. The number of aromatic nitrogens is 4. The van der Waals surface area contributed by atoms with Gasteiger partial charge in [0.25, 0.3) is 0 Å². The molecule has 0 unspecified atom stereocenters. The molecule has 0 aliphatic carbocycles. The monoisotopic (exact) mass is 479 g/mol. The molecule has 1 N–H and O–H groups in total. The summed E-state index contributed by atoms with van der Waals surface area (Å²) in [5.41, 5.74) is 2.63. The number of pyridine rings is 1. The van der Waals surface area contributed by atoms with Crippen LogP contribution < -0.4 is 10.1 Å². The van der Waals surface area contributed by atoms with Crippen LogP contribution in [0.2, 0.25) is 5.02 Å². The van der Waals surface area contributed by atoms with Crippen LogP contribution in [0.1, 0.15) is 5.56 Å². The van der Waals surface area contributed by atoms with Gasteiger partial charge in [0.05, 0.1) is 18.0 Å². The first kappa shape index (κ1) is 22.8. The van der Waals surface area contributed by atoms with E-state index in [4.69, 9.17) is 16.3 Å². The second-order valence-corrected chi connectivity index (χ2v) is 8.41. The number of hydrogen-bond acceptors (Lipinski definition) is 6. The third kappa shape index (κ3) is 5.71. The Balaban J connectivity index is 1.46. The number of carbonyl (C=O) groups excluding carboxylic acids is 1. The number of benzene rings is 2. The van der Waals surface area contributed by atoms with E-state index in [9.17, 15) is 4.79 Å². The minimum atomic E-state index is -0.112. The van der Waals surface area contributed by atoms with E-state index in [1.807, 2.05) is 72.2 Å². The van der Waals surface area contributed by atoms with Gasteiger partial charge in [-0.1, -0.05) is 47.6 Å². The van der Waals surface area contributed by atoms with E-state index < -0.39 is 0 Å². The molecule has 7 nitrogen and oxygen atoms in total. The van der Waals surface area contributed by atoms with Crippen LogP contribution in [0.25, 0.3) is 17.1 Å². The number of nitrogens with zero attached hydrogens (tertiary/aromatic N) is 4. The first-order valence-electron chi connectivity index (χ1n) is 10.3. The predicted molar refractivity (Wildman–Crippen MR) is 130 cm³/mol. The number of thioether (sulfide) groups is 1. The van der Waals surface area contributed by atoms with Gasteiger partial charge in [0.2, 0.25) is 5.91 Å². The molecule has 0 aliphatic heterocycles. The third-order valence-electron chi connectivity index (χ3n) is 4.82. The fraction of sp³-hybridized carbons (Fsp3) is 0.167. The summed E-state index contributed by atoms with van der Waals surface area (Å²) < 4.78 is 7.53. The van der Waals surface area contributed by atoms with Gasteiger partial charge in [-0.05, 0) is 48.9 Å². The lowest BCUT2D eigenvalue weighted by molar-refractivity contribution is -0.118. The Labute approximate surface area is 201 Å². The van der Waals surface area contributed by atoms with Crippen LogP contribution >= 0.6 is 23.4 Å². The van der Waals surface area contributed by atoms with Crippen molar-refractivity contribution in [2.45, 2.75) is 12.1 Å². The minimum absolute atomic E-state index is 0.112. The summed E-state index contributed by atoms with van der Waals surface area (Å²) in [6.45, 7) is 2.75. The zero-order valence-electron chi connectivity index (χ0n) is 17.9. The molecule has 0 bridgehead atoms. The molecule has 0 radical (unpaired) electrons. The Hall–Kier alpha value is -3.36. The molecule has 33 heavy (non-hydrogen) atoms. The minimum Gasteiger partial charge on any atom is -0.492 e. The maximum atomic E-state index is 12.4. The number of hydrogen-bond donors (Lipinski definition) is 1. The molecule has 4 rings (SSSR count). The van der Waals surface area contributed by atoms with Crippen molar-refractivity contribution in [3.8, 4) is 22.8 Å². The quantitative estimate of drug-likeness (QED) is 0.279. The molecule has 0 fully saturated rings. The fourth-order valence-corrected chi connectivity index (χ4v) is 4.11. The standard InChI is InChI=1S/C24H22ClN5O2S/c1-17-20(25)8-5-9-21(17)30-23(18-10-12-26-13-11-18)28-29-24(30)33-16-22(31)27-14-15-32-19-6-3-2-4-7-19/h2-13H,14-16H2,1H3,(H,27,31). The smallest absolute Gasteiger partial charge is 0.230 e. The van der Waals surface area contributed by atoms with Crippen LogP contribution in [0.15, 0.2) is 78.2 Å². The highest BCUT2D eigenvalue weighted by Crippen LogP contribution is 2.31. The van der Waals surface area contributed by atoms with Crippen molar-refractivity contribution < 1.29 is 9.53 Å². The molecular weight excluding hydrogens is 458 g/mol. The van der Waals surface area contributed by atoms with E-state index in [2.05, 4.69) is 20.5 Å². The average molecular weight is 480 g/mol. The molecule has 4 aromatic rings.